The van der Waals surface area contributed by atoms with Gasteiger partial charge in [0.05, 0.1) is 10.5 Å². The van der Waals surface area contributed by atoms with Crippen molar-refractivity contribution in [1.82, 2.24) is 13.9 Å². The second-order valence-corrected chi connectivity index (χ2v) is 12.1. The number of imidazole rings is 1. The van der Waals surface area contributed by atoms with E-state index >= 15 is 0 Å². The molecular weight excluding hydrogens is 442 g/mol. The summed E-state index contributed by atoms with van der Waals surface area (Å²) in [5.74, 6) is 2.92. The van der Waals surface area contributed by atoms with Gasteiger partial charge in [-0.25, -0.2) is 13.4 Å². The normalized spacial score (nSPS) is 19.3. The van der Waals surface area contributed by atoms with E-state index in [-0.39, 0.29) is 30.0 Å². The highest BCUT2D eigenvalue weighted by molar-refractivity contribution is 8.19. The monoisotopic (exact) mass is 467 g/mol. The van der Waals surface area contributed by atoms with E-state index in [1.807, 2.05) is 47.8 Å². The molecular formula is C20H25N3O4S3. The second kappa shape index (κ2) is 8.94. The van der Waals surface area contributed by atoms with Crippen molar-refractivity contribution in [3.63, 3.8) is 0 Å². The van der Waals surface area contributed by atoms with Gasteiger partial charge in [0.25, 0.3) is 10.0 Å². The van der Waals surface area contributed by atoms with E-state index in [0.717, 1.165) is 0 Å². The van der Waals surface area contributed by atoms with Crippen LogP contribution in [0.15, 0.2) is 35.5 Å². The summed E-state index contributed by atoms with van der Waals surface area (Å²) in [5.41, 5.74) is 1.24. The Morgan fingerprint density at radius 2 is 1.77 bits per heavy atom. The Balaban J connectivity index is 1.33. The molecule has 1 aromatic carbocycles. The van der Waals surface area contributed by atoms with Gasteiger partial charge in [0.2, 0.25) is 0 Å². The molecule has 0 unspecified atom stereocenters. The second-order valence-electron chi connectivity index (χ2n) is 7.48. The van der Waals surface area contributed by atoms with Crippen LogP contribution in [0.2, 0.25) is 0 Å². The largest absolute Gasteiger partial charge is 0.426 e. The molecule has 2 aromatic rings. The van der Waals surface area contributed by atoms with Crippen LogP contribution in [-0.4, -0.2) is 52.8 Å². The summed E-state index contributed by atoms with van der Waals surface area (Å²) in [5, 5.41) is 0.0576. The third kappa shape index (κ3) is 4.56. The summed E-state index contributed by atoms with van der Waals surface area (Å²) in [4.78, 5) is 16.7. The molecule has 10 heteroatoms. The number of piperidine rings is 1. The quantitative estimate of drug-likeness (QED) is 0.493. The Bertz CT molecular complexity index is 987. The molecule has 0 N–H and O–H groups in total. The molecule has 2 aliphatic rings. The summed E-state index contributed by atoms with van der Waals surface area (Å²) in [6.45, 7) is 2.33. The van der Waals surface area contributed by atoms with Gasteiger partial charge in [-0.3, -0.25) is 4.79 Å². The zero-order chi connectivity index (χ0) is 21.3. The first-order chi connectivity index (χ1) is 14.3. The van der Waals surface area contributed by atoms with Crippen LogP contribution in [0.25, 0.3) is 0 Å². The fraction of sp³-hybridized carbons (Fsp3) is 0.500. The molecule has 0 saturated carbocycles. The average molecular weight is 468 g/mol. The van der Waals surface area contributed by atoms with Crippen LogP contribution in [0.1, 0.15) is 28.8 Å². The molecule has 2 aliphatic heterocycles. The fourth-order valence-electron chi connectivity index (χ4n) is 3.56. The molecule has 2 fully saturated rings. The van der Waals surface area contributed by atoms with Crippen LogP contribution in [0, 0.1) is 12.8 Å². The molecule has 4 rings (SSSR count). The van der Waals surface area contributed by atoms with Crippen LogP contribution in [0.4, 0.5) is 0 Å². The lowest BCUT2D eigenvalue weighted by Gasteiger charge is -2.29. The van der Waals surface area contributed by atoms with Crippen LogP contribution in [0.5, 0.6) is 5.75 Å². The SMILES string of the molecule is Cc1nc(S(=O)(=O)N2CCC(C(=O)Oc3ccc(C4SCCS4)cc3)CC2)cn1C. The van der Waals surface area contributed by atoms with Crippen molar-refractivity contribution in [2.24, 2.45) is 13.0 Å². The van der Waals surface area contributed by atoms with E-state index < -0.39 is 10.0 Å². The third-order valence-electron chi connectivity index (χ3n) is 5.47. The molecule has 3 heterocycles. The molecule has 0 radical (unpaired) electrons. The van der Waals surface area contributed by atoms with Gasteiger partial charge in [0, 0.05) is 37.8 Å². The van der Waals surface area contributed by atoms with Crippen LogP contribution in [-0.2, 0) is 21.9 Å². The number of aryl methyl sites for hydroxylation is 2. The lowest BCUT2D eigenvalue weighted by atomic mass is 9.98. The molecule has 2 saturated heterocycles. The maximum absolute atomic E-state index is 12.8. The molecule has 30 heavy (non-hydrogen) atoms. The number of thioether (sulfide) groups is 2. The fourth-order valence-corrected chi connectivity index (χ4v) is 7.91. The molecule has 0 bridgehead atoms. The maximum atomic E-state index is 12.8. The highest BCUT2D eigenvalue weighted by Crippen LogP contribution is 2.45. The summed E-state index contributed by atoms with van der Waals surface area (Å²) in [6.07, 6.45) is 2.41. The lowest BCUT2D eigenvalue weighted by molar-refractivity contribution is -0.140. The van der Waals surface area contributed by atoms with Crippen molar-refractivity contribution in [3.05, 3.63) is 41.9 Å². The first-order valence-electron chi connectivity index (χ1n) is 9.89. The van der Waals surface area contributed by atoms with E-state index in [1.54, 1.807) is 18.5 Å². The molecule has 7 nitrogen and oxygen atoms in total. The van der Waals surface area contributed by atoms with E-state index in [9.17, 15) is 13.2 Å². The Morgan fingerprint density at radius 1 is 1.13 bits per heavy atom. The average Bonchev–Trinajstić information content (AvgIpc) is 3.39. The van der Waals surface area contributed by atoms with Gasteiger partial charge in [0.15, 0.2) is 5.03 Å². The highest BCUT2D eigenvalue weighted by atomic mass is 32.2. The number of benzene rings is 1. The van der Waals surface area contributed by atoms with Gasteiger partial charge in [-0.05, 0) is 37.5 Å². The number of nitrogens with zero attached hydrogens (tertiary/aromatic N) is 3. The van der Waals surface area contributed by atoms with Crippen molar-refractivity contribution < 1.29 is 17.9 Å². The van der Waals surface area contributed by atoms with Crippen molar-refractivity contribution in [1.29, 1.82) is 0 Å². The molecule has 0 amide bonds. The minimum Gasteiger partial charge on any atom is -0.426 e. The number of hydrogen-bond donors (Lipinski definition) is 0. The zero-order valence-electron chi connectivity index (χ0n) is 17.0. The molecule has 162 valence electrons. The molecule has 0 spiro atoms. The third-order valence-corrected chi connectivity index (χ3v) is 10.3. The standard InChI is InChI=1S/C20H25N3O4S3/c1-14-21-18(13-22(14)2)30(25,26)23-9-7-15(8-10-23)19(24)27-17-5-3-16(4-6-17)20-28-11-12-29-20/h3-6,13,15,20H,7-12H2,1-2H3. The number of esters is 1. The number of aromatic nitrogens is 2. The van der Waals surface area contributed by atoms with E-state index in [1.165, 1.54) is 27.6 Å². The number of hydrogen-bond acceptors (Lipinski definition) is 7. The van der Waals surface area contributed by atoms with Gasteiger partial charge >= 0.3 is 5.97 Å². The summed E-state index contributed by atoms with van der Waals surface area (Å²) in [6, 6.07) is 7.72. The summed E-state index contributed by atoms with van der Waals surface area (Å²) in [7, 11) is -1.87. The Labute approximate surface area is 185 Å². The molecule has 1 aromatic heterocycles. The van der Waals surface area contributed by atoms with Crippen LogP contribution >= 0.6 is 23.5 Å². The molecule has 0 aliphatic carbocycles. The topological polar surface area (TPSA) is 81.5 Å². The highest BCUT2D eigenvalue weighted by Gasteiger charge is 2.34. The number of carbonyl (C=O) groups is 1. The van der Waals surface area contributed by atoms with Gasteiger partial charge in [-0.2, -0.15) is 4.31 Å². The number of sulfonamides is 1. The maximum Gasteiger partial charge on any atom is 0.314 e. The van der Waals surface area contributed by atoms with Gasteiger partial charge in [-0.15, -0.1) is 23.5 Å². The van der Waals surface area contributed by atoms with Gasteiger partial charge < -0.3 is 9.30 Å². The lowest BCUT2D eigenvalue weighted by Crippen LogP contribution is -2.41. The van der Waals surface area contributed by atoms with Gasteiger partial charge in [-0.1, -0.05) is 12.1 Å². The summed E-state index contributed by atoms with van der Waals surface area (Å²) >= 11 is 3.87. The summed E-state index contributed by atoms with van der Waals surface area (Å²) < 4.78 is 34.7. The van der Waals surface area contributed by atoms with Gasteiger partial charge in [0.1, 0.15) is 11.6 Å². The van der Waals surface area contributed by atoms with Crippen LogP contribution < -0.4 is 4.74 Å². The van der Waals surface area contributed by atoms with Crippen LogP contribution in [0.3, 0.4) is 0 Å². The number of carbonyl (C=O) groups excluding carboxylic acids is 1. The predicted molar refractivity (Wildman–Crippen MR) is 119 cm³/mol. The first kappa shape index (κ1) is 21.7. The zero-order valence-corrected chi connectivity index (χ0v) is 19.4. The van der Waals surface area contributed by atoms with Crippen molar-refractivity contribution >= 4 is 39.5 Å². The first-order valence-corrected chi connectivity index (χ1v) is 13.4. The Morgan fingerprint density at radius 3 is 2.33 bits per heavy atom. The number of rotatable bonds is 5. The predicted octanol–water partition coefficient (Wildman–Crippen LogP) is 3.21. The van der Waals surface area contributed by atoms with Crippen molar-refractivity contribution in [2.45, 2.75) is 29.4 Å². The van der Waals surface area contributed by atoms with E-state index in [0.29, 0.717) is 29.0 Å². The number of ether oxygens (including phenoxy) is 1. The smallest absolute Gasteiger partial charge is 0.314 e. The minimum absolute atomic E-state index is 0.0576. The Kier molecular flexibility index (Phi) is 6.47. The van der Waals surface area contributed by atoms with Crippen molar-refractivity contribution in [3.8, 4) is 5.75 Å². The minimum atomic E-state index is -3.64. The van der Waals surface area contributed by atoms with Crippen molar-refractivity contribution in [2.75, 3.05) is 24.6 Å². The van der Waals surface area contributed by atoms with E-state index in [2.05, 4.69) is 4.98 Å². The molecule has 0 atom stereocenters. The van der Waals surface area contributed by atoms with E-state index in [4.69, 9.17) is 4.74 Å². The Hall–Kier alpha value is -1.49.